The van der Waals surface area contributed by atoms with Crippen molar-refractivity contribution in [1.29, 1.82) is 0 Å². The van der Waals surface area contributed by atoms with Gasteiger partial charge < -0.3 is 0 Å². The molecule has 1 aromatic carbocycles. The molecule has 2 aromatic heterocycles. The third-order valence-electron chi connectivity index (χ3n) is 3.95. The molecule has 0 spiro atoms. The van der Waals surface area contributed by atoms with E-state index in [9.17, 15) is 9.59 Å². The summed E-state index contributed by atoms with van der Waals surface area (Å²) >= 11 is 1.32. The molecule has 4 rings (SSSR count). The highest BCUT2D eigenvalue weighted by molar-refractivity contribution is 7.14. The van der Waals surface area contributed by atoms with Crippen LogP contribution in [0, 0.1) is 0 Å². The normalized spacial score (nSPS) is 14.0. The van der Waals surface area contributed by atoms with Crippen LogP contribution in [-0.2, 0) is 9.59 Å². The number of carbonyl (C=O) groups is 2. The van der Waals surface area contributed by atoms with Gasteiger partial charge in [0.25, 0.3) is 5.91 Å². The van der Waals surface area contributed by atoms with Gasteiger partial charge in [0, 0.05) is 24.4 Å². The Morgan fingerprint density at radius 2 is 1.85 bits per heavy atom. The maximum Gasteiger partial charge on any atom is 0.273 e. The van der Waals surface area contributed by atoms with Crippen LogP contribution in [0.15, 0.2) is 65.2 Å². The number of nitrogens with one attached hydrogen (secondary N) is 1. The number of amides is 2. The van der Waals surface area contributed by atoms with Crippen molar-refractivity contribution in [2.45, 2.75) is 12.8 Å². The van der Waals surface area contributed by atoms with E-state index in [-0.39, 0.29) is 18.2 Å². The van der Waals surface area contributed by atoms with E-state index in [1.807, 2.05) is 41.8 Å². The topological polar surface area (TPSA) is 87.6 Å². The summed E-state index contributed by atoms with van der Waals surface area (Å²) in [4.78, 5) is 33.4. The van der Waals surface area contributed by atoms with Crippen LogP contribution in [0.4, 0.5) is 10.8 Å². The number of hydrogen-bond acceptors (Lipinski definition) is 6. The molecule has 7 nitrogen and oxygen atoms in total. The first-order valence-corrected chi connectivity index (χ1v) is 9.22. The quantitative estimate of drug-likeness (QED) is 0.755. The maximum atomic E-state index is 12.6. The molecule has 0 fully saturated rings. The molecule has 0 aliphatic carbocycles. The molecule has 8 heteroatoms. The third kappa shape index (κ3) is 3.75. The number of benzene rings is 1. The van der Waals surface area contributed by atoms with Crippen molar-refractivity contribution >= 4 is 39.7 Å². The van der Waals surface area contributed by atoms with Gasteiger partial charge >= 0.3 is 0 Å². The first-order valence-electron chi connectivity index (χ1n) is 8.34. The predicted molar refractivity (Wildman–Crippen MR) is 105 cm³/mol. The van der Waals surface area contributed by atoms with E-state index in [1.54, 1.807) is 18.3 Å². The Bertz CT molecular complexity index is 1000. The minimum atomic E-state index is -0.356. The second kappa shape index (κ2) is 7.46. The highest BCUT2D eigenvalue weighted by Gasteiger charge is 2.26. The number of para-hydroxylation sites is 1. The molecule has 1 aliphatic rings. The van der Waals surface area contributed by atoms with Gasteiger partial charge in [0.2, 0.25) is 5.91 Å². The first kappa shape index (κ1) is 17.0. The molecule has 3 aromatic rings. The minimum absolute atomic E-state index is 0.135. The van der Waals surface area contributed by atoms with Gasteiger partial charge in [-0.3, -0.25) is 19.9 Å². The van der Waals surface area contributed by atoms with Crippen LogP contribution in [-0.4, -0.2) is 27.5 Å². The van der Waals surface area contributed by atoms with Crippen molar-refractivity contribution in [3.05, 3.63) is 60.1 Å². The Kier molecular flexibility index (Phi) is 4.71. The Hall–Kier alpha value is -3.39. The number of thiazole rings is 1. The summed E-state index contributed by atoms with van der Waals surface area (Å²) in [7, 11) is 0. The number of rotatable bonds is 4. The largest absolute Gasteiger partial charge is 0.297 e. The fourth-order valence-corrected chi connectivity index (χ4v) is 3.32. The van der Waals surface area contributed by atoms with E-state index in [0.29, 0.717) is 28.6 Å². The van der Waals surface area contributed by atoms with Crippen LogP contribution in [0.1, 0.15) is 12.8 Å². The standard InChI is InChI=1S/C19H15N5O2S/c25-17-10-9-15(23-24(17)13-6-2-1-3-7-13)18(26)22-19-21-16(12-27-19)14-8-4-5-11-20-14/h1-8,11-12H,9-10H2,(H,21,22,26). The van der Waals surface area contributed by atoms with Gasteiger partial charge in [0.05, 0.1) is 11.4 Å². The molecule has 1 aliphatic heterocycles. The van der Waals surface area contributed by atoms with E-state index in [4.69, 9.17) is 0 Å². The minimum Gasteiger partial charge on any atom is -0.297 e. The van der Waals surface area contributed by atoms with Crippen molar-refractivity contribution in [3.63, 3.8) is 0 Å². The first-order chi connectivity index (χ1) is 13.2. The number of anilines is 2. The van der Waals surface area contributed by atoms with Gasteiger partial charge in [-0.1, -0.05) is 24.3 Å². The average molecular weight is 377 g/mol. The number of carbonyl (C=O) groups excluding carboxylic acids is 2. The molecule has 27 heavy (non-hydrogen) atoms. The van der Waals surface area contributed by atoms with E-state index in [2.05, 4.69) is 20.4 Å². The van der Waals surface area contributed by atoms with Gasteiger partial charge in [0.15, 0.2) is 5.13 Å². The van der Waals surface area contributed by atoms with Crippen LogP contribution in [0.25, 0.3) is 11.4 Å². The molecular formula is C19H15N5O2S. The van der Waals surface area contributed by atoms with Crippen molar-refractivity contribution in [2.24, 2.45) is 5.10 Å². The molecule has 134 valence electrons. The van der Waals surface area contributed by atoms with E-state index < -0.39 is 0 Å². The fourth-order valence-electron chi connectivity index (χ4n) is 2.62. The monoisotopic (exact) mass is 377 g/mol. The second-order valence-electron chi connectivity index (χ2n) is 5.79. The fraction of sp³-hybridized carbons (Fsp3) is 0.105. The number of nitrogens with zero attached hydrogens (tertiary/aromatic N) is 4. The van der Waals surface area contributed by atoms with Crippen molar-refractivity contribution < 1.29 is 9.59 Å². The number of aromatic nitrogens is 2. The van der Waals surface area contributed by atoms with Crippen molar-refractivity contribution in [1.82, 2.24) is 9.97 Å². The van der Waals surface area contributed by atoms with E-state index in [0.717, 1.165) is 5.69 Å². The zero-order valence-corrected chi connectivity index (χ0v) is 15.0. The third-order valence-corrected chi connectivity index (χ3v) is 4.71. The molecular weight excluding hydrogens is 362 g/mol. The van der Waals surface area contributed by atoms with Crippen molar-refractivity contribution in [2.75, 3.05) is 10.3 Å². The molecule has 0 radical (unpaired) electrons. The number of hydrazone groups is 1. The highest BCUT2D eigenvalue weighted by atomic mass is 32.1. The van der Waals surface area contributed by atoms with Crippen LogP contribution in [0.3, 0.4) is 0 Å². The summed E-state index contributed by atoms with van der Waals surface area (Å²) in [6, 6.07) is 14.6. The van der Waals surface area contributed by atoms with Gasteiger partial charge in [-0.15, -0.1) is 11.3 Å². The molecule has 0 unspecified atom stereocenters. The zero-order chi connectivity index (χ0) is 18.6. The lowest BCUT2D eigenvalue weighted by molar-refractivity contribution is -0.118. The maximum absolute atomic E-state index is 12.6. The lowest BCUT2D eigenvalue weighted by Crippen LogP contribution is -2.36. The number of pyridine rings is 1. The lowest BCUT2D eigenvalue weighted by atomic mass is 10.1. The number of hydrogen-bond donors (Lipinski definition) is 1. The summed E-state index contributed by atoms with van der Waals surface area (Å²) in [5, 5.41) is 10.6. The Labute approximate surface area is 159 Å². The summed E-state index contributed by atoms with van der Waals surface area (Å²) in [6.07, 6.45) is 2.23. The summed E-state index contributed by atoms with van der Waals surface area (Å²) < 4.78 is 0. The molecule has 2 amide bonds. The molecule has 0 bridgehead atoms. The molecule has 1 N–H and O–H groups in total. The summed E-state index contributed by atoms with van der Waals surface area (Å²) in [6.45, 7) is 0. The van der Waals surface area contributed by atoms with Gasteiger partial charge in [-0.2, -0.15) is 5.10 Å². The summed E-state index contributed by atoms with van der Waals surface area (Å²) in [5.74, 6) is -0.491. The molecule has 0 saturated carbocycles. The molecule has 0 atom stereocenters. The van der Waals surface area contributed by atoms with Crippen LogP contribution >= 0.6 is 11.3 Å². The van der Waals surface area contributed by atoms with Gasteiger partial charge in [-0.05, 0) is 24.3 Å². The van der Waals surface area contributed by atoms with Gasteiger partial charge in [-0.25, -0.2) is 9.99 Å². The Balaban J connectivity index is 1.51. The van der Waals surface area contributed by atoms with Gasteiger partial charge in [0.1, 0.15) is 11.4 Å². The molecule has 0 saturated heterocycles. The Morgan fingerprint density at radius 3 is 2.63 bits per heavy atom. The summed E-state index contributed by atoms with van der Waals surface area (Å²) in [5.41, 5.74) is 2.37. The SMILES string of the molecule is O=C(Nc1nc(-c2ccccn2)cs1)C1=NN(c2ccccc2)C(=O)CC1. The molecule has 3 heterocycles. The smallest absolute Gasteiger partial charge is 0.273 e. The van der Waals surface area contributed by atoms with Crippen molar-refractivity contribution in [3.8, 4) is 11.4 Å². The zero-order valence-electron chi connectivity index (χ0n) is 14.2. The van der Waals surface area contributed by atoms with Crippen LogP contribution in [0.5, 0.6) is 0 Å². The van der Waals surface area contributed by atoms with E-state index in [1.165, 1.54) is 16.3 Å². The second-order valence-corrected chi connectivity index (χ2v) is 6.65. The lowest BCUT2D eigenvalue weighted by Gasteiger charge is -2.22. The average Bonchev–Trinajstić information content (AvgIpc) is 3.18. The predicted octanol–water partition coefficient (Wildman–Crippen LogP) is 3.33. The highest BCUT2D eigenvalue weighted by Crippen LogP contribution is 2.24. The van der Waals surface area contributed by atoms with Crippen LogP contribution < -0.4 is 10.3 Å². The van der Waals surface area contributed by atoms with E-state index >= 15 is 0 Å². The Morgan fingerprint density at radius 1 is 1.04 bits per heavy atom. The van der Waals surface area contributed by atoms with Crippen LogP contribution in [0.2, 0.25) is 0 Å².